The second kappa shape index (κ2) is 4.25. The molecule has 5 nitrogen and oxygen atoms in total. The van der Waals surface area contributed by atoms with Gasteiger partial charge in [-0.15, -0.1) is 0 Å². The third kappa shape index (κ3) is 1.95. The zero-order chi connectivity index (χ0) is 11.7. The second-order valence-corrected chi connectivity index (χ2v) is 4.46. The zero-order valence-corrected chi connectivity index (χ0v) is 9.56. The Hall–Kier alpha value is -1.36. The number of carbonyl (C=O) groups is 1. The molecule has 2 heterocycles. The number of ether oxygens (including phenoxy) is 1. The maximum atomic E-state index is 11.2. The molecule has 1 aliphatic heterocycles. The molecule has 0 fully saturated rings. The predicted molar refractivity (Wildman–Crippen MR) is 57.4 cm³/mol. The summed E-state index contributed by atoms with van der Waals surface area (Å²) in [5.41, 5.74) is 1.97. The molecule has 0 atom stereocenters. The first-order valence-corrected chi connectivity index (χ1v) is 5.49. The number of carboxylic acids is 1. The Bertz CT molecular complexity index is 410. The highest BCUT2D eigenvalue weighted by Gasteiger charge is 2.25. The molecule has 1 aromatic rings. The smallest absolute Gasteiger partial charge is 0.354 e. The van der Waals surface area contributed by atoms with E-state index < -0.39 is 5.97 Å². The van der Waals surface area contributed by atoms with Crippen LogP contribution in [0.15, 0.2) is 0 Å². The van der Waals surface area contributed by atoms with Gasteiger partial charge in [-0.3, -0.25) is 4.68 Å². The number of hydrogen-bond donors (Lipinski definition) is 1. The van der Waals surface area contributed by atoms with Gasteiger partial charge in [-0.2, -0.15) is 5.10 Å². The van der Waals surface area contributed by atoms with Crippen LogP contribution in [0.4, 0.5) is 0 Å². The summed E-state index contributed by atoms with van der Waals surface area (Å²) in [5, 5.41) is 13.5. The summed E-state index contributed by atoms with van der Waals surface area (Å²) in [6, 6.07) is 0. The van der Waals surface area contributed by atoms with Crippen LogP contribution in [0.1, 0.15) is 35.6 Å². The van der Waals surface area contributed by atoms with E-state index in [1.807, 2.05) is 13.8 Å². The fraction of sp³-hybridized carbons (Fsp3) is 0.636. The highest BCUT2D eigenvalue weighted by Crippen LogP contribution is 2.21. The van der Waals surface area contributed by atoms with Gasteiger partial charge in [0.1, 0.15) is 5.69 Å². The Morgan fingerprint density at radius 2 is 2.38 bits per heavy atom. The molecule has 1 N–H and O–H groups in total. The van der Waals surface area contributed by atoms with E-state index in [9.17, 15) is 9.90 Å². The van der Waals surface area contributed by atoms with E-state index in [-0.39, 0.29) is 0 Å². The summed E-state index contributed by atoms with van der Waals surface area (Å²) in [6.45, 7) is 5.74. The lowest BCUT2D eigenvalue weighted by Gasteiger charge is -2.10. The van der Waals surface area contributed by atoms with Gasteiger partial charge in [-0.1, -0.05) is 13.8 Å². The van der Waals surface area contributed by atoms with Crippen LogP contribution in [0.5, 0.6) is 0 Å². The summed E-state index contributed by atoms with van der Waals surface area (Å²) < 4.78 is 6.88. The zero-order valence-electron chi connectivity index (χ0n) is 9.56. The number of aromatic carboxylic acids is 1. The summed E-state index contributed by atoms with van der Waals surface area (Å²) in [7, 11) is 0. The monoisotopic (exact) mass is 224 g/mol. The Morgan fingerprint density at radius 1 is 1.62 bits per heavy atom. The van der Waals surface area contributed by atoms with Crippen LogP contribution < -0.4 is 0 Å². The Kier molecular flexibility index (Phi) is 2.96. The molecule has 0 spiro atoms. The average molecular weight is 224 g/mol. The van der Waals surface area contributed by atoms with Crippen LogP contribution in [0.25, 0.3) is 0 Å². The number of nitrogens with zero attached hydrogens (tertiary/aromatic N) is 2. The summed E-state index contributed by atoms with van der Waals surface area (Å²) in [6.07, 6.45) is 0.648. The Labute approximate surface area is 94.0 Å². The molecular weight excluding hydrogens is 208 g/mol. The normalized spacial score (nSPS) is 15.2. The second-order valence-electron chi connectivity index (χ2n) is 4.46. The predicted octanol–water partition coefficient (Wildman–Crippen LogP) is 1.31. The number of fused-ring (bicyclic) bond motifs is 1. The molecule has 16 heavy (non-hydrogen) atoms. The summed E-state index contributed by atoms with van der Waals surface area (Å²) in [5.74, 6) is -0.517. The maximum Gasteiger partial charge on any atom is 0.354 e. The molecule has 88 valence electrons. The van der Waals surface area contributed by atoms with Crippen LogP contribution in [-0.2, 0) is 24.3 Å². The number of rotatable bonds is 3. The minimum Gasteiger partial charge on any atom is -0.477 e. The van der Waals surface area contributed by atoms with Gasteiger partial charge in [0.15, 0.2) is 0 Å². The highest BCUT2D eigenvalue weighted by molar-refractivity contribution is 5.87. The minimum absolute atomic E-state index is 0.340. The van der Waals surface area contributed by atoms with Crippen molar-refractivity contribution in [2.24, 2.45) is 5.92 Å². The molecule has 0 unspecified atom stereocenters. The van der Waals surface area contributed by atoms with E-state index in [1.165, 1.54) is 0 Å². The van der Waals surface area contributed by atoms with Crippen molar-refractivity contribution < 1.29 is 14.6 Å². The lowest BCUT2D eigenvalue weighted by atomic mass is 10.1. The van der Waals surface area contributed by atoms with Gasteiger partial charge in [-0.05, 0) is 5.92 Å². The third-order valence-electron chi connectivity index (χ3n) is 2.61. The van der Waals surface area contributed by atoms with E-state index >= 15 is 0 Å². The molecule has 2 rings (SSSR count). The van der Waals surface area contributed by atoms with Crippen molar-refractivity contribution in [3.8, 4) is 0 Å². The van der Waals surface area contributed by atoms with E-state index in [1.54, 1.807) is 4.68 Å². The number of carboxylic acid groups (broad SMARTS) is 1. The van der Waals surface area contributed by atoms with Gasteiger partial charge in [0.25, 0.3) is 0 Å². The van der Waals surface area contributed by atoms with Crippen molar-refractivity contribution in [2.45, 2.75) is 33.4 Å². The van der Waals surface area contributed by atoms with Crippen molar-refractivity contribution in [3.63, 3.8) is 0 Å². The van der Waals surface area contributed by atoms with Gasteiger partial charge < -0.3 is 9.84 Å². The highest BCUT2D eigenvalue weighted by atomic mass is 16.5. The topological polar surface area (TPSA) is 64.4 Å². The Morgan fingerprint density at radius 3 is 3.00 bits per heavy atom. The largest absolute Gasteiger partial charge is 0.477 e. The van der Waals surface area contributed by atoms with Crippen LogP contribution in [0.3, 0.4) is 0 Å². The summed E-state index contributed by atoms with van der Waals surface area (Å²) in [4.78, 5) is 11.2. The first-order valence-electron chi connectivity index (χ1n) is 5.49. The molecule has 5 heteroatoms. The SMILES string of the molecule is CC(C)Cn1nc2c(c1C(=O)O)CCOC2. The Balaban J connectivity index is 2.43. The van der Waals surface area contributed by atoms with Crippen molar-refractivity contribution in [2.75, 3.05) is 6.61 Å². The van der Waals surface area contributed by atoms with Gasteiger partial charge in [-0.25, -0.2) is 4.79 Å². The first kappa shape index (κ1) is 11.1. The fourth-order valence-electron chi connectivity index (χ4n) is 1.99. The standard InChI is InChI=1S/C11H16N2O3/c1-7(2)5-13-10(11(14)15)8-3-4-16-6-9(8)12-13/h7H,3-6H2,1-2H3,(H,14,15). The minimum atomic E-state index is -0.892. The third-order valence-corrected chi connectivity index (χ3v) is 2.61. The van der Waals surface area contributed by atoms with Crippen LogP contribution in [0.2, 0.25) is 0 Å². The lowest BCUT2D eigenvalue weighted by molar-refractivity contribution is 0.0678. The molecule has 0 aromatic carbocycles. The molecule has 0 bridgehead atoms. The van der Waals surface area contributed by atoms with E-state index in [2.05, 4.69) is 5.10 Å². The molecule has 0 radical (unpaired) electrons. The number of hydrogen-bond acceptors (Lipinski definition) is 3. The molecule has 0 saturated carbocycles. The van der Waals surface area contributed by atoms with Crippen LogP contribution >= 0.6 is 0 Å². The van der Waals surface area contributed by atoms with Crippen molar-refractivity contribution in [3.05, 3.63) is 17.0 Å². The van der Waals surface area contributed by atoms with E-state index in [4.69, 9.17) is 4.74 Å². The van der Waals surface area contributed by atoms with Gasteiger partial charge in [0, 0.05) is 18.5 Å². The van der Waals surface area contributed by atoms with Crippen LogP contribution in [-0.4, -0.2) is 27.5 Å². The maximum absolute atomic E-state index is 11.2. The van der Waals surface area contributed by atoms with E-state index in [0.717, 1.165) is 11.3 Å². The van der Waals surface area contributed by atoms with Crippen molar-refractivity contribution in [1.29, 1.82) is 0 Å². The fourth-order valence-corrected chi connectivity index (χ4v) is 1.99. The lowest BCUT2D eigenvalue weighted by Crippen LogP contribution is -2.15. The molecular formula is C11H16N2O3. The first-order chi connectivity index (χ1) is 7.59. The number of aromatic nitrogens is 2. The van der Waals surface area contributed by atoms with E-state index in [0.29, 0.717) is 37.8 Å². The van der Waals surface area contributed by atoms with Gasteiger partial charge >= 0.3 is 5.97 Å². The molecule has 0 saturated heterocycles. The van der Waals surface area contributed by atoms with Gasteiger partial charge in [0.2, 0.25) is 0 Å². The quantitative estimate of drug-likeness (QED) is 0.840. The molecule has 1 aromatic heterocycles. The molecule has 1 aliphatic rings. The average Bonchev–Trinajstić information content (AvgIpc) is 2.53. The van der Waals surface area contributed by atoms with Crippen LogP contribution in [0, 0.1) is 5.92 Å². The van der Waals surface area contributed by atoms with Gasteiger partial charge in [0.05, 0.1) is 18.9 Å². The molecule has 0 aliphatic carbocycles. The summed E-state index contributed by atoms with van der Waals surface area (Å²) >= 11 is 0. The van der Waals surface area contributed by atoms with Crippen molar-refractivity contribution in [1.82, 2.24) is 9.78 Å². The molecule has 0 amide bonds. The van der Waals surface area contributed by atoms with Crippen molar-refractivity contribution >= 4 is 5.97 Å².